The molecule has 0 amide bonds. The summed E-state index contributed by atoms with van der Waals surface area (Å²) >= 11 is 1.39. The zero-order chi connectivity index (χ0) is 13.1. The molecule has 0 fully saturated rings. The van der Waals surface area contributed by atoms with Crippen molar-refractivity contribution in [2.45, 2.75) is 18.4 Å². The van der Waals surface area contributed by atoms with Gasteiger partial charge in [0.05, 0.1) is 0 Å². The molecule has 0 unspecified atom stereocenters. The van der Waals surface area contributed by atoms with Crippen LogP contribution in [-0.2, 0) is 16.6 Å². The summed E-state index contributed by atoms with van der Waals surface area (Å²) in [5.41, 5.74) is 6.30. The van der Waals surface area contributed by atoms with E-state index in [-0.39, 0.29) is 6.54 Å². The van der Waals surface area contributed by atoms with Gasteiger partial charge in [0.2, 0.25) is 10.0 Å². The van der Waals surface area contributed by atoms with Crippen molar-refractivity contribution in [1.29, 1.82) is 0 Å². The number of nitrogens with two attached hydrogens (primary N) is 1. The minimum absolute atomic E-state index is 0.252. The van der Waals surface area contributed by atoms with Crippen LogP contribution in [0.4, 0.5) is 0 Å². The molecule has 0 bridgehead atoms. The fourth-order valence-corrected chi connectivity index (χ4v) is 4.18. The van der Waals surface area contributed by atoms with E-state index in [0.29, 0.717) is 22.9 Å². The number of aryl methyl sites for hydroxylation is 1. The van der Waals surface area contributed by atoms with Gasteiger partial charge < -0.3 is 10.6 Å². The van der Waals surface area contributed by atoms with E-state index in [4.69, 9.17) is 5.73 Å². The van der Waals surface area contributed by atoms with Crippen molar-refractivity contribution in [2.75, 3.05) is 27.2 Å². The molecule has 0 saturated carbocycles. The van der Waals surface area contributed by atoms with Crippen LogP contribution in [-0.4, -0.2) is 40.5 Å². The van der Waals surface area contributed by atoms with Gasteiger partial charge >= 0.3 is 0 Å². The first kappa shape index (κ1) is 14.6. The molecule has 3 N–H and O–H groups in total. The highest BCUT2D eigenvalue weighted by atomic mass is 32.2. The first-order valence-electron chi connectivity index (χ1n) is 5.30. The minimum atomic E-state index is -3.43. The van der Waals surface area contributed by atoms with Gasteiger partial charge in [0, 0.05) is 24.5 Å². The molecular weight excluding hydrogens is 258 g/mol. The number of hydrogen-bond acceptors (Lipinski definition) is 5. The Hall–Kier alpha value is -0.470. The summed E-state index contributed by atoms with van der Waals surface area (Å²) in [7, 11) is 0.364. The molecular formula is C10H19N3O2S2. The third-order valence-electron chi connectivity index (χ3n) is 2.29. The normalized spacial score (nSPS) is 12.3. The number of nitrogens with one attached hydrogen (secondary N) is 1. The zero-order valence-electron chi connectivity index (χ0n) is 10.4. The summed E-state index contributed by atoms with van der Waals surface area (Å²) in [6.45, 7) is 3.10. The Balaban J connectivity index is 2.86. The Bertz CT molecular complexity index is 466. The van der Waals surface area contributed by atoms with Crippen LogP contribution < -0.4 is 10.5 Å². The zero-order valence-corrected chi connectivity index (χ0v) is 12.0. The van der Waals surface area contributed by atoms with Crippen molar-refractivity contribution >= 4 is 21.4 Å². The predicted octanol–water partition coefficient (Wildman–Crippen LogP) is 0.355. The predicted molar refractivity (Wildman–Crippen MR) is 70.7 cm³/mol. The highest BCUT2D eigenvalue weighted by molar-refractivity contribution is 7.89. The number of rotatable bonds is 6. The lowest BCUT2D eigenvalue weighted by Gasteiger charge is -2.11. The van der Waals surface area contributed by atoms with Gasteiger partial charge in [0.25, 0.3) is 0 Å². The maximum Gasteiger partial charge on any atom is 0.242 e. The highest BCUT2D eigenvalue weighted by Crippen LogP contribution is 2.25. The molecule has 0 radical (unpaired) electrons. The number of hydrogen-bond donors (Lipinski definition) is 2. The summed E-state index contributed by atoms with van der Waals surface area (Å²) in [6, 6.07) is 0. The van der Waals surface area contributed by atoms with Gasteiger partial charge in [-0.15, -0.1) is 11.3 Å². The minimum Gasteiger partial charge on any atom is -0.326 e. The molecule has 0 saturated heterocycles. The first-order chi connectivity index (χ1) is 7.88. The Kier molecular flexibility index (Phi) is 5.08. The summed E-state index contributed by atoms with van der Waals surface area (Å²) in [5, 5.41) is 1.82. The largest absolute Gasteiger partial charge is 0.326 e. The van der Waals surface area contributed by atoms with Gasteiger partial charge in [0.1, 0.15) is 4.90 Å². The lowest BCUT2D eigenvalue weighted by atomic mass is 10.3. The third kappa shape index (κ3) is 3.75. The van der Waals surface area contributed by atoms with E-state index in [1.54, 1.807) is 6.92 Å². The van der Waals surface area contributed by atoms with Gasteiger partial charge in [-0.1, -0.05) is 0 Å². The molecule has 0 aromatic carbocycles. The van der Waals surface area contributed by atoms with Crippen LogP contribution in [0.3, 0.4) is 0 Å². The van der Waals surface area contributed by atoms with Crippen molar-refractivity contribution in [2.24, 2.45) is 5.73 Å². The molecule has 1 aromatic heterocycles. The van der Waals surface area contributed by atoms with Crippen molar-refractivity contribution in [3.63, 3.8) is 0 Å². The molecule has 1 heterocycles. The standard InChI is InChI=1S/C10H19N3O2S2/c1-8-7-16-9(6-11)10(8)17(14,15)12-4-5-13(2)3/h7,12H,4-6,11H2,1-3H3. The molecule has 1 aromatic rings. The van der Waals surface area contributed by atoms with E-state index < -0.39 is 10.0 Å². The topological polar surface area (TPSA) is 75.4 Å². The van der Waals surface area contributed by atoms with Crippen molar-refractivity contribution in [3.05, 3.63) is 15.8 Å². The highest BCUT2D eigenvalue weighted by Gasteiger charge is 2.21. The summed E-state index contributed by atoms with van der Waals surface area (Å²) in [4.78, 5) is 2.98. The molecule has 0 atom stereocenters. The van der Waals surface area contributed by atoms with Gasteiger partial charge in [-0.3, -0.25) is 0 Å². The summed E-state index contributed by atoms with van der Waals surface area (Å²) < 4.78 is 26.8. The van der Waals surface area contributed by atoms with Crippen molar-refractivity contribution in [3.8, 4) is 0 Å². The lowest BCUT2D eigenvalue weighted by Crippen LogP contribution is -2.32. The molecule has 0 spiro atoms. The van der Waals surface area contributed by atoms with Crippen LogP contribution in [0.2, 0.25) is 0 Å². The Morgan fingerprint density at radius 1 is 1.47 bits per heavy atom. The quantitative estimate of drug-likeness (QED) is 0.787. The van der Waals surface area contributed by atoms with Crippen molar-refractivity contribution < 1.29 is 8.42 Å². The first-order valence-corrected chi connectivity index (χ1v) is 7.66. The molecule has 7 heteroatoms. The van der Waals surface area contributed by atoms with Crippen LogP contribution in [0.25, 0.3) is 0 Å². The van der Waals surface area contributed by atoms with E-state index in [1.165, 1.54) is 11.3 Å². The van der Waals surface area contributed by atoms with E-state index in [1.807, 2.05) is 24.4 Å². The molecule has 0 aliphatic carbocycles. The molecule has 1 rings (SSSR count). The van der Waals surface area contributed by atoms with Crippen LogP contribution in [0.15, 0.2) is 10.3 Å². The van der Waals surface area contributed by atoms with Gasteiger partial charge in [-0.05, 0) is 32.0 Å². The number of likely N-dealkylation sites (N-methyl/N-ethyl adjacent to an activating group) is 1. The monoisotopic (exact) mass is 277 g/mol. The van der Waals surface area contributed by atoms with Gasteiger partial charge in [-0.2, -0.15) is 0 Å². The average Bonchev–Trinajstić information content (AvgIpc) is 2.59. The SMILES string of the molecule is Cc1csc(CN)c1S(=O)(=O)NCCN(C)C. The average molecular weight is 277 g/mol. The Morgan fingerprint density at radius 3 is 2.65 bits per heavy atom. The molecule has 17 heavy (non-hydrogen) atoms. The Labute approximate surface area is 107 Å². The van der Waals surface area contributed by atoms with Crippen molar-refractivity contribution in [1.82, 2.24) is 9.62 Å². The smallest absolute Gasteiger partial charge is 0.242 e. The molecule has 5 nitrogen and oxygen atoms in total. The summed E-state index contributed by atoms with van der Waals surface area (Å²) in [6.07, 6.45) is 0. The number of nitrogens with zero attached hydrogens (tertiary/aromatic N) is 1. The van der Waals surface area contributed by atoms with E-state index >= 15 is 0 Å². The third-order valence-corrected chi connectivity index (χ3v) is 5.24. The Morgan fingerprint density at radius 2 is 2.12 bits per heavy atom. The van der Waals surface area contributed by atoms with E-state index in [9.17, 15) is 8.42 Å². The van der Waals surface area contributed by atoms with Crippen LogP contribution in [0.1, 0.15) is 10.4 Å². The summed E-state index contributed by atoms with van der Waals surface area (Å²) in [5.74, 6) is 0. The fraction of sp³-hybridized carbons (Fsp3) is 0.600. The second kappa shape index (κ2) is 5.92. The van der Waals surface area contributed by atoms with Crippen LogP contribution >= 0.6 is 11.3 Å². The van der Waals surface area contributed by atoms with Crippen LogP contribution in [0, 0.1) is 6.92 Å². The van der Waals surface area contributed by atoms with Gasteiger partial charge in [0.15, 0.2) is 0 Å². The van der Waals surface area contributed by atoms with E-state index in [0.717, 1.165) is 5.56 Å². The second-order valence-electron chi connectivity index (χ2n) is 4.08. The maximum absolute atomic E-state index is 12.1. The lowest BCUT2D eigenvalue weighted by molar-refractivity contribution is 0.412. The van der Waals surface area contributed by atoms with E-state index in [2.05, 4.69) is 4.72 Å². The second-order valence-corrected chi connectivity index (χ2v) is 6.74. The molecule has 98 valence electrons. The number of thiophene rings is 1. The van der Waals surface area contributed by atoms with Gasteiger partial charge in [-0.25, -0.2) is 13.1 Å². The number of sulfonamides is 1. The maximum atomic E-state index is 12.1. The van der Waals surface area contributed by atoms with Crippen LogP contribution in [0.5, 0.6) is 0 Å². The molecule has 0 aliphatic rings. The molecule has 0 aliphatic heterocycles. The fourth-order valence-electron chi connectivity index (χ4n) is 1.46.